The van der Waals surface area contributed by atoms with Gasteiger partial charge in [-0.1, -0.05) is 12.5 Å². The fourth-order valence-electron chi connectivity index (χ4n) is 2.73. The Morgan fingerprint density at radius 2 is 2.06 bits per heavy atom. The molecule has 0 aromatic heterocycles. The molecule has 1 saturated carbocycles. The summed E-state index contributed by atoms with van der Waals surface area (Å²) >= 11 is 0. The van der Waals surface area contributed by atoms with Gasteiger partial charge in [0.1, 0.15) is 0 Å². The molecule has 1 fully saturated rings. The minimum atomic E-state index is 0.483. The van der Waals surface area contributed by atoms with Gasteiger partial charge in [-0.05, 0) is 43.3 Å². The van der Waals surface area contributed by atoms with Gasteiger partial charge in [0.2, 0.25) is 0 Å². The monoisotopic (exact) mass is 236 g/mol. The predicted octanol–water partition coefficient (Wildman–Crippen LogP) is 3.83. The molecule has 0 heterocycles. The average Bonchev–Trinajstić information content (AvgIpc) is 3.10. The van der Waals surface area contributed by atoms with E-state index in [-0.39, 0.29) is 0 Å². The highest BCUT2D eigenvalue weighted by Gasteiger charge is 2.47. The normalized spacial score (nSPS) is 21.7. The van der Waals surface area contributed by atoms with Crippen LogP contribution in [-0.2, 0) is 9.47 Å². The summed E-state index contributed by atoms with van der Waals surface area (Å²) in [6, 6.07) is 0. The third-order valence-electron chi connectivity index (χ3n) is 4.14. The molecular weight excluding hydrogens is 212 g/mol. The van der Waals surface area contributed by atoms with Gasteiger partial charge in [0.15, 0.2) is 0 Å². The topological polar surface area (TPSA) is 18.5 Å². The summed E-state index contributed by atoms with van der Waals surface area (Å²) in [5.41, 5.74) is 3.59. The van der Waals surface area contributed by atoms with Gasteiger partial charge in [-0.3, -0.25) is 0 Å². The van der Waals surface area contributed by atoms with Crippen LogP contribution in [0.5, 0.6) is 0 Å². The SMILES string of the molecule is CCC1=C(C)C2(CC2)CC(OCCCOC)=C1. The first-order valence-electron chi connectivity index (χ1n) is 6.74. The van der Waals surface area contributed by atoms with Crippen LogP contribution in [0.3, 0.4) is 0 Å². The zero-order valence-electron chi connectivity index (χ0n) is 11.3. The highest BCUT2D eigenvalue weighted by Crippen LogP contribution is 2.59. The van der Waals surface area contributed by atoms with Crippen molar-refractivity contribution in [1.82, 2.24) is 0 Å². The van der Waals surface area contributed by atoms with Crippen LogP contribution in [0.2, 0.25) is 0 Å². The van der Waals surface area contributed by atoms with Crippen molar-refractivity contribution in [3.63, 3.8) is 0 Å². The van der Waals surface area contributed by atoms with Gasteiger partial charge in [-0.15, -0.1) is 0 Å². The van der Waals surface area contributed by atoms with Crippen molar-refractivity contribution >= 4 is 0 Å². The first-order valence-corrected chi connectivity index (χ1v) is 6.74. The molecule has 2 nitrogen and oxygen atoms in total. The first kappa shape index (κ1) is 12.7. The van der Waals surface area contributed by atoms with Crippen LogP contribution in [0.1, 0.15) is 46.0 Å². The highest BCUT2D eigenvalue weighted by atomic mass is 16.5. The number of allylic oxidation sites excluding steroid dienone is 4. The van der Waals surface area contributed by atoms with Gasteiger partial charge in [0, 0.05) is 26.6 Å². The molecule has 0 aliphatic heterocycles. The molecule has 0 bridgehead atoms. The Bertz CT molecular complexity index is 335. The third kappa shape index (κ3) is 2.74. The number of methoxy groups -OCH3 is 1. The van der Waals surface area contributed by atoms with E-state index < -0.39 is 0 Å². The Kier molecular flexibility index (Phi) is 3.93. The lowest BCUT2D eigenvalue weighted by Crippen LogP contribution is -2.13. The predicted molar refractivity (Wildman–Crippen MR) is 69.8 cm³/mol. The van der Waals surface area contributed by atoms with Gasteiger partial charge in [-0.25, -0.2) is 0 Å². The van der Waals surface area contributed by atoms with E-state index in [0.29, 0.717) is 5.41 Å². The lowest BCUT2D eigenvalue weighted by molar-refractivity contribution is 0.136. The molecule has 96 valence electrons. The van der Waals surface area contributed by atoms with Crippen LogP contribution in [0, 0.1) is 5.41 Å². The molecule has 0 unspecified atom stereocenters. The molecule has 0 atom stereocenters. The molecule has 0 amide bonds. The van der Waals surface area contributed by atoms with Gasteiger partial charge < -0.3 is 9.47 Å². The molecule has 2 heteroatoms. The molecule has 1 spiro atoms. The van der Waals surface area contributed by atoms with Crippen molar-refractivity contribution in [3.8, 4) is 0 Å². The maximum atomic E-state index is 5.89. The largest absolute Gasteiger partial charge is 0.498 e. The Balaban J connectivity index is 1.95. The minimum absolute atomic E-state index is 0.483. The second-order valence-corrected chi connectivity index (χ2v) is 5.27. The Morgan fingerprint density at radius 3 is 2.65 bits per heavy atom. The summed E-state index contributed by atoms with van der Waals surface area (Å²) in [4.78, 5) is 0. The fourth-order valence-corrected chi connectivity index (χ4v) is 2.73. The summed E-state index contributed by atoms with van der Waals surface area (Å²) in [6.45, 7) is 6.11. The summed E-state index contributed by atoms with van der Waals surface area (Å²) in [7, 11) is 1.74. The van der Waals surface area contributed by atoms with Crippen LogP contribution in [-0.4, -0.2) is 20.3 Å². The summed E-state index contributed by atoms with van der Waals surface area (Å²) in [5, 5.41) is 0. The molecule has 2 aliphatic carbocycles. The molecule has 2 aliphatic rings. The molecule has 0 radical (unpaired) electrons. The van der Waals surface area contributed by atoms with Gasteiger partial charge in [-0.2, -0.15) is 0 Å². The van der Waals surface area contributed by atoms with Crippen molar-refractivity contribution in [3.05, 3.63) is 23.0 Å². The van der Waals surface area contributed by atoms with Crippen molar-refractivity contribution < 1.29 is 9.47 Å². The molecule has 0 aromatic carbocycles. The van der Waals surface area contributed by atoms with E-state index in [0.717, 1.165) is 32.5 Å². The molecule has 0 N–H and O–H groups in total. The Morgan fingerprint density at radius 1 is 1.29 bits per heavy atom. The maximum absolute atomic E-state index is 5.89. The van der Waals surface area contributed by atoms with Crippen molar-refractivity contribution in [2.24, 2.45) is 5.41 Å². The summed E-state index contributed by atoms with van der Waals surface area (Å²) in [6.07, 6.45) is 8.19. The van der Waals surface area contributed by atoms with E-state index >= 15 is 0 Å². The molecule has 0 aromatic rings. The van der Waals surface area contributed by atoms with Gasteiger partial charge in [0.05, 0.1) is 12.4 Å². The lowest BCUT2D eigenvalue weighted by atomic mass is 9.83. The van der Waals surface area contributed by atoms with Gasteiger partial charge >= 0.3 is 0 Å². The summed E-state index contributed by atoms with van der Waals surface area (Å²) in [5.74, 6) is 1.20. The van der Waals surface area contributed by atoms with Crippen LogP contribution < -0.4 is 0 Å². The van der Waals surface area contributed by atoms with Crippen LogP contribution in [0.25, 0.3) is 0 Å². The molecular formula is C15H24O2. The van der Waals surface area contributed by atoms with E-state index in [1.807, 2.05) is 0 Å². The molecule has 2 rings (SSSR count). The Labute approximate surface area is 105 Å². The minimum Gasteiger partial charge on any atom is -0.498 e. The van der Waals surface area contributed by atoms with Crippen molar-refractivity contribution in [2.75, 3.05) is 20.3 Å². The number of hydrogen-bond acceptors (Lipinski definition) is 2. The van der Waals surface area contributed by atoms with E-state index in [1.54, 1.807) is 12.7 Å². The zero-order valence-corrected chi connectivity index (χ0v) is 11.3. The second kappa shape index (κ2) is 5.26. The van der Waals surface area contributed by atoms with Crippen LogP contribution in [0.15, 0.2) is 23.0 Å². The average molecular weight is 236 g/mol. The number of ether oxygens (including phenoxy) is 2. The molecule has 0 saturated heterocycles. The second-order valence-electron chi connectivity index (χ2n) is 5.27. The van der Waals surface area contributed by atoms with Crippen LogP contribution in [0.4, 0.5) is 0 Å². The maximum Gasteiger partial charge on any atom is 0.0971 e. The first-order chi connectivity index (χ1) is 8.22. The van der Waals surface area contributed by atoms with E-state index in [4.69, 9.17) is 9.47 Å². The smallest absolute Gasteiger partial charge is 0.0971 e. The highest BCUT2D eigenvalue weighted by molar-refractivity contribution is 5.39. The van der Waals surface area contributed by atoms with Crippen LogP contribution >= 0.6 is 0 Å². The zero-order chi connectivity index (χ0) is 12.3. The Hall–Kier alpha value is -0.760. The van der Waals surface area contributed by atoms with Crippen molar-refractivity contribution in [2.45, 2.75) is 46.0 Å². The van der Waals surface area contributed by atoms with E-state index in [2.05, 4.69) is 19.9 Å². The quantitative estimate of drug-likeness (QED) is 0.652. The van der Waals surface area contributed by atoms with Crippen molar-refractivity contribution in [1.29, 1.82) is 0 Å². The molecule has 17 heavy (non-hydrogen) atoms. The third-order valence-corrected chi connectivity index (χ3v) is 4.14. The summed E-state index contributed by atoms with van der Waals surface area (Å²) < 4.78 is 10.9. The number of rotatable bonds is 6. The fraction of sp³-hybridized carbons (Fsp3) is 0.733. The lowest BCUT2D eigenvalue weighted by Gasteiger charge is -2.26. The number of hydrogen-bond donors (Lipinski definition) is 0. The standard InChI is InChI=1S/C15H24O2/c1-4-13-10-14(17-9-5-8-16-3)11-15(6-7-15)12(13)2/h10H,4-9,11H2,1-3H3. The van der Waals surface area contributed by atoms with E-state index in [1.165, 1.54) is 24.2 Å². The van der Waals surface area contributed by atoms with Gasteiger partial charge in [0.25, 0.3) is 0 Å². The van der Waals surface area contributed by atoms with E-state index in [9.17, 15) is 0 Å².